The van der Waals surface area contributed by atoms with Gasteiger partial charge in [-0.2, -0.15) is 0 Å². The van der Waals surface area contributed by atoms with Crippen LogP contribution in [0.1, 0.15) is 17.5 Å². The third-order valence-corrected chi connectivity index (χ3v) is 2.92. The van der Waals surface area contributed by atoms with Crippen molar-refractivity contribution in [1.82, 2.24) is 20.6 Å². The quantitative estimate of drug-likeness (QED) is 0.729. The third kappa shape index (κ3) is 2.08. The lowest BCUT2D eigenvalue weighted by molar-refractivity contribution is 0.168. The highest BCUT2D eigenvalue weighted by atomic mass is 16.3. The molecule has 18 heavy (non-hydrogen) atoms. The summed E-state index contributed by atoms with van der Waals surface area (Å²) in [5.41, 5.74) is 1.05. The first-order valence-electron chi connectivity index (χ1n) is 5.72. The average molecular weight is 240 g/mol. The summed E-state index contributed by atoms with van der Waals surface area (Å²) in [5, 5.41) is 25.5. The molecule has 0 bridgehead atoms. The lowest BCUT2D eigenvalue weighted by Crippen LogP contribution is -2.04. The van der Waals surface area contributed by atoms with E-state index in [2.05, 4.69) is 44.9 Å². The van der Waals surface area contributed by atoms with Crippen molar-refractivity contribution in [1.29, 1.82) is 0 Å². The maximum atomic E-state index is 9.96. The summed E-state index contributed by atoms with van der Waals surface area (Å²) in [6.45, 7) is 0. The molecule has 0 saturated heterocycles. The average Bonchev–Trinajstić information content (AvgIpc) is 2.92. The number of aromatic amines is 1. The minimum Gasteiger partial charge on any atom is -0.385 e. The van der Waals surface area contributed by atoms with Crippen molar-refractivity contribution in [3.05, 3.63) is 53.9 Å². The van der Waals surface area contributed by atoms with E-state index in [-0.39, 0.29) is 0 Å². The van der Waals surface area contributed by atoms with Crippen LogP contribution in [0, 0.1) is 0 Å². The van der Waals surface area contributed by atoms with E-state index in [4.69, 9.17) is 0 Å². The maximum Gasteiger partial charge on any atom is 0.177 e. The van der Waals surface area contributed by atoms with Crippen LogP contribution >= 0.6 is 0 Å². The highest BCUT2D eigenvalue weighted by molar-refractivity contribution is 5.82. The molecule has 1 atom stereocenters. The van der Waals surface area contributed by atoms with Crippen LogP contribution in [0.15, 0.2) is 42.5 Å². The number of hydrogen-bond acceptors (Lipinski definition) is 4. The molecule has 0 fully saturated rings. The van der Waals surface area contributed by atoms with Gasteiger partial charge in [-0.25, -0.2) is 5.10 Å². The first-order chi connectivity index (χ1) is 8.83. The van der Waals surface area contributed by atoms with Crippen LogP contribution in [0.2, 0.25) is 0 Å². The number of nitrogens with zero attached hydrogens (tertiary/aromatic N) is 3. The molecule has 0 unspecified atom stereocenters. The summed E-state index contributed by atoms with van der Waals surface area (Å²) >= 11 is 0. The van der Waals surface area contributed by atoms with Crippen LogP contribution in [-0.2, 0) is 6.42 Å². The van der Waals surface area contributed by atoms with Crippen molar-refractivity contribution in [3.8, 4) is 0 Å². The van der Waals surface area contributed by atoms with E-state index in [1.165, 1.54) is 5.39 Å². The van der Waals surface area contributed by atoms with Crippen LogP contribution in [-0.4, -0.2) is 25.7 Å². The van der Waals surface area contributed by atoms with Gasteiger partial charge in [-0.15, -0.1) is 5.10 Å². The Labute approximate surface area is 103 Å². The summed E-state index contributed by atoms with van der Waals surface area (Å²) in [6.07, 6.45) is -0.219. The Hall–Kier alpha value is -2.27. The molecule has 3 rings (SSSR count). The second kappa shape index (κ2) is 4.54. The van der Waals surface area contributed by atoms with Gasteiger partial charge in [-0.3, -0.25) is 0 Å². The molecule has 0 radical (unpaired) electrons. The molecular formula is C13H12N4O. The molecule has 0 amide bonds. The van der Waals surface area contributed by atoms with Crippen molar-refractivity contribution in [2.24, 2.45) is 0 Å². The molecule has 5 heteroatoms. The summed E-state index contributed by atoms with van der Waals surface area (Å²) in [4.78, 5) is 0. The number of tetrazole rings is 1. The van der Waals surface area contributed by atoms with Gasteiger partial charge in [0, 0.05) is 6.42 Å². The normalized spacial score (nSPS) is 12.7. The Morgan fingerprint density at radius 1 is 1.11 bits per heavy atom. The molecule has 0 aliphatic heterocycles. The van der Waals surface area contributed by atoms with E-state index in [9.17, 15) is 5.11 Å². The molecular weight excluding hydrogens is 228 g/mol. The molecule has 0 aliphatic carbocycles. The van der Waals surface area contributed by atoms with Crippen LogP contribution in [0.3, 0.4) is 0 Å². The van der Waals surface area contributed by atoms with Crippen molar-refractivity contribution < 1.29 is 5.11 Å². The molecule has 0 saturated carbocycles. The van der Waals surface area contributed by atoms with Crippen LogP contribution in [0.4, 0.5) is 0 Å². The van der Waals surface area contributed by atoms with Crippen LogP contribution in [0.5, 0.6) is 0 Å². The standard InChI is InChI=1S/C13H12N4O/c18-12(13-14-16-17-15-13)8-9-5-6-10-3-1-2-4-11(10)7-9/h1-7,12,18H,8H2,(H,14,15,16,17)/t12-/m1/s1. The fourth-order valence-electron chi connectivity index (χ4n) is 1.99. The Balaban J connectivity index is 1.86. The predicted octanol–water partition coefficient (Wildman–Crippen LogP) is 1.63. The Morgan fingerprint density at radius 2 is 1.94 bits per heavy atom. The largest absolute Gasteiger partial charge is 0.385 e. The van der Waals surface area contributed by atoms with E-state index in [0.717, 1.165) is 10.9 Å². The number of aliphatic hydroxyl groups is 1. The maximum absolute atomic E-state index is 9.96. The van der Waals surface area contributed by atoms with E-state index in [1.54, 1.807) is 0 Å². The highest BCUT2D eigenvalue weighted by Crippen LogP contribution is 2.19. The van der Waals surface area contributed by atoms with Crippen molar-refractivity contribution in [3.63, 3.8) is 0 Å². The molecule has 5 nitrogen and oxygen atoms in total. The van der Waals surface area contributed by atoms with Crippen molar-refractivity contribution in [2.45, 2.75) is 12.5 Å². The van der Waals surface area contributed by atoms with Gasteiger partial charge in [-0.05, 0) is 26.8 Å². The van der Waals surface area contributed by atoms with Gasteiger partial charge in [0.2, 0.25) is 0 Å². The number of rotatable bonds is 3. The first kappa shape index (κ1) is 10.9. The summed E-state index contributed by atoms with van der Waals surface area (Å²) in [6, 6.07) is 14.3. The van der Waals surface area contributed by atoms with E-state index < -0.39 is 6.10 Å². The number of fused-ring (bicyclic) bond motifs is 1. The molecule has 1 heterocycles. The van der Waals surface area contributed by atoms with Gasteiger partial charge in [0.15, 0.2) is 5.82 Å². The molecule has 90 valence electrons. The number of H-pyrrole nitrogens is 1. The SMILES string of the molecule is O[C@H](Cc1ccc2ccccc2c1)c1nnn[nH]1. The van der Waals surface area contributed by atoms with Gasteiger partial charge in [0.05, 0.1) is 0 Å². The number of hydrogen-bond donors (Lipinski definition) is 2. The first-order valence-corrected chi connectivity index (χ1v) is 5.72. The smallest absolute Gasteiger partial charge is 0.177 e. The van der Waals surface area contributed by atoms with E-state index in [1.807, 2.05) is 18.2 Å². The third-order valence-electron chi connectivity index (χ3n) is 2.92. The zero-order valence-electron chi connectivity index (χ0n) is 9.61. The molecule has 1 aromatic heterocycles. The summed E-state index contributed by atoms with van der Waals surface area (Å²) in [5.74, 6) is 0.392. The van der Waals surface area contributed by atoms with Gasteiger partial charge >= 0.3 is 0 Å². The van der Waals surface area contributed by atoms with Crippen LogP contribution in [0.25, 0.3) is 10.8 Å². The van der Waals surface area contributed by atoms with E-state index >= 15 is 0 Å². The Kier molecular flexibility index (Phi) is 2.74. The Bertz CT molecular complexity index is 651. The van der Waals surface area contributed by atoms with Crippen molar-refractivity contribution in [2.75, 3.05) is 0 Å². The number of aromatic nitrogens is 4. The second-order valence-electron chi connectivity index (χ2n) is 4.19. The number of nitrogens with one attached hydrogen (secondary N) is 1. The predicted molar refractivity (Wildman–Crippen MR) is 66.8 cm³/mol. The Morgan fingerprint density at radius 3 is 2.72 bits per heavy atom. The topological polar surface area (TPSA) is 74.7 Å². The molecule has 3 aromatic rings. The lowest BCUT2D eigenvalue weighted by Gasteiger charge is -2.07. The zero-order valence-corrected chi connectivity index (χ0v) is 9.61. The fraction of sp³-hybridized carbons (Fsp3) is 0.154. The second-order valence-corrected chi connectivity index (χ2v) is 4.19. The fourth-order valence-corrected chi connectivity index (χ4v) is 1.99. The highest BCUT2D eigenvalue weighted by Gasteiger charge is 2.12. The number of aliphatic hydroxyl groups excluding tert-OH is 1. The molecule has 0 spiro atoms. The molecule has 2 aromatic carbocycles. The van der Waals surface area contributed by atoms with Gasteiger partial charge in [0.1, 0.15) is 6.10 Å². The van der Waals surface area contributed by atoms with Gasteiger partial charge in [-0.1, -0.05) is 42.5 Å². The van der Waals surface area contributed by atoms with Crippen molar-refractivity contribution >= 4 is 10.8 Å². The van der Waals surface area contributed by atoms with E-state index in [0.29, 0.717) is 12.2 Å². The van der Waals surface area contributed by atoms with Crippen LogP contribution < -0.4 is 0 Å². The molecule has 0 aliphatic rings. The zero-order chi connectivity index (χ0) is 12.4. The summed E-state index contributed by atoms with van der Waals surface area (Å²) in [7, 11) is 0. The lowest BCUT2D eigenvalue weighted by atomic mass is 10.0. The minimum atomic E-state index is -0.707. The molecule has 2 N–H and O–H groups in total. The monoisotopic (exact) mass is 240 g/mol. The minimum absolute atomic E-state index is 0.392. The van der Waals surface area contributed by atoms with Gasteiger partial charge < -0.3 is 5.11 Å². The summed E-state index contributed by atoms with van der Waals surface area (Å²) < 4.78 is 0. The van der Waals surface area contributed by atoms with Gasteiger partial charge in [0.25, 0.3) is 0 Å². The number of benzene rings is 2.